The van der Waals surface area contributed by atoms with Crippen LogP contribution in [0.3, 0.4) is 0 Å². The van der Waals surface area contributed by atoms with Crippen LogP contribution in [0.5, 0.6) is 0 Å². The normalized spacial score (nSPS) is 13.1. The van der Waals surface area contributed by atoms with Gasteiger partial charge in [-0.05, 0) is 133 Å². The SMILES string of the molecule is Cc1ccc(-c2cc(C)c(C3(c4cc(C)c(-c5ccc(C)cc5)cc4C)c4cc(C)ccc4-c4ccc(C)cc43)cc2C)cc1. The van der Waals surface area contributed by atoms with Crippen LogP contribution in [0.25, 0.3) is 33.4 Å². The van der Waals surface area contributed by atoms with Crippen molar-refractivity contribution in [2.45, 2.75) is 60.8 Å². The molecule has 0 heterocycles. The fraction of sp³-hybridized carbons (Fsp3) is 0.200. The molecule has 0 nitrogen and oxygen atoms in total. The van der Waals surface area contributed by atoms with Gasteiger partial charge in [-0.15, -0.1) is 0 Å². The molecule has 222 valence electrons. The lowest BCUT2D eigenvalue weighted by Crippen LogP contribution is -2.31. The Kier molecular flexibility index (Phi) is 6.93. The van der Waals surface area contributed by atoms with E-state index in [1.807, 2.05) is 0 Å². The zero-order valence-corrected chi connectivity index (χ0v) is 27.9. The maximum absolute atomic E-state index is 2.50. The number of aryl methyl sites for hydroxylation is 8. The molecule has 0 amide bonds. The van der Waals surface area contributed by atoms with Crippen LogP contribution in [0.2, 0.25) is 0 Å². The molecule has 0 unspecified atom stereocenters. The highest BCUT2D eigenvalue weighted by atomic mass is 14.5. The number of fused-ring (bicyclic) bond motifs is 3. The van der Waals surface area contributed by atoms with E-state index in [0.717, 1.165) is 0 Å². The molecule has 0 atom stereocenters. The van der Waals surface area contributed by atoms with Crippen LogP contribution < -0.4 is 0 Å². The van der Waals surface area contributed by atoms with E-state index in [1.54, 1.807) is 0 Å². The quantitative estimate of drug-likeness (QED) is 0.194. The summed E-state index contributed by atoms with van der Waals surface area (Å²) in [5.41, 5.74) is 23.3. The van der Waals surface area contributed by atoms with Crippen molar-refractivity contribution < 1.29 is 0 Å². The van der Waals surface area contributed by atoms with Gasteiger partial charge < -0.3 is 0 Å². The highest BCUT2D eigenvalue weighted by molar-refractivity contribution is 5.88. The van der Waals surface area contributed by atoms with Crippen molar-refractivity contribution in [2.24, 2.45) is 0 Å². The van der Waals surface area contributed by atoms with Crippen LogP contribution in [0.15, 0.2) is 109 Å². The van der Waals surface area contributed by atoms with Gasteiger partial charge in [-0.1, -0.05) is 131 Å². The molecule has 1 aliphatic rings. The van der Waals surface area contributed by atoms with Gasteiger partial charge in [0.1, 0.15) is 0 Å². The van der Waals surface area contributed by atoms with E-state index < -0.39 is 5.41 Å². The Morgan fingerprint density at radius 2 is 0.644 bits per heavy atom. The third-order valence-corrected chi connectivity index (χ3v) is 10.1. The highest BCUT2D eigenvalue weighted by Gasteiger charge is 2.48. The minimum atomic E-state index is -0.440. The molecule has 0 saturated carbocycles. The summed E-state index contributed by atoms with van der Waals surface area (Å²) in [7, 11) is 0. The van der Waals surface area contributed by atoms with E-state index in [1.165, 1.54) is 100 Å². The average Bonchev–Trinajstić information content (AvgIpc) is 3.29. The van der Waals surface area contributed by atoms with Gasteiger partial charge in [0.25, 0.3) is 0 Å². The molecule has 0 bridgehead atoms. The van der Waals surface area contributed by atoms with E-state index in [4.69, 9.17) is 0 Å². The Bertz CT molecular complexity index is 1950. The fourth-order valence-electron chi connectivity index (χ4n) is 7.81. The van der Waals surface area contributed by atoms with E-state index >= 15 is 0 Å². The predicted octanol–water partition coefficient (Wildman–Crippen LogP) is 11.9. The lowest BCUT2D eigenvalue weighted by atomic mass is 9.64. The number of hydrogen-bond donors (Lipinski definition) is 0. The molecule has 0 radical (unpaired) electrons. The van der Waals surface area contributed by atoms with Gasteiger partial charge in [0.15, 0.2) is 0 Å². The minimum absolute atomic E-state index is 0.440. The highest BCUT2D eigenvalue weighted by Crippen LogP contribution is 2.58. The number of hydrogen-bond acceptors (Lipinski definition) is 0. The van der Waals surface area contributed by atoms with E-state index in [2.05, 4.69) is 165 Å². The zero-order chi connectivity index (χ0) is 31.6. The van der Waals surface area contributed by atoms with Crippen LogP contribution >= 0.6 is 0 Å². The van der Waals surface area contributed by atoms with Crippen molar-refractivity contribution in [1.29, 1.82) is 0 Å². The van der Waals surface area contributed by atoms with E-state index in [9.17, 15) is 0 Å². The van der Waals surface area contributed by atoms with Gasteiger partial charge in [-0.3, -0.25) is 0 Å². The van der Waals surface area contributed by atoms with Crippen LogP contribution in [-0.2, 0) is 5.41 Å². The molecule has 0 aromatic heterocycles. The first-order chi connectivity index (χ1) is 21.6. The molecule has 45 heavy (non-hydrogen) atoms. The van der Waals surface area contributed by atoms with Gasteiger partial charge in [0.05, 0.1) is 5.41 Å². The largest absolute Gasteiger partial charge is 0.0719 e. The van der Waals surface area contributed by atoms with Crippen molar-refractivity contribution in [3.8, 4) is 33.4 Å². The molecular weight excluding hydrogens is 540 g/mol. The summed E-state index contributed by atoms with van der Waals surface area (Å²) < 4.78 is 0. The first kappa shape index (κ1) is 29.1. The Balaban J connectivity index is 1.58. The van der Waals surface area contributed by atoms with Gasteiger partial charge in [0, 0.05) is 0 Å². The lowest BCUT2D eigenvalue weighted by Gasteiger charge is -2.37. The fourth-order valence-corrected chi connectivity index (χ4v) is 7.81. The van der Waals surface area contributed by atoms with Crippen molar-refractivity contribution in [1.82, 2.24) is 0 Å². The smallest absolute Gasteiger partial charge is 0.0587 e. The summed E-state index contributed by atoms with van der Waals surface area (Å²) in [6, 6.07) is 41.9. The monoisotopic (exact) mass is 582 g/mol. The first-order valence-electron chi connectivity index (χ1n) is 16.2. The Morgan fingerprint density at radius 3 is 1.02 bits per heavy atom. The summed E-state index contributed by atoms with van der Waals surface area (Å²) in [6.45, 7) is 18.0. The van der Waals surface area contributed by atoms with Crippen LogP contribution in [0.1, 0.15) is 66.8 Å². The van der Waals surface area contributed by atoms with Gasteiger partial charge in [0.2, 0.25) is 0 Å². The number of rotatable bonds is 4. The molecule has 0 N–H and O–H groups in total. The van der Waals surface area contributed by atoms with Crippen molar-refractivity contribution >= 4 is 0 Å². The van der Waals surface area contributed by atoms with Gasteiger partial charge in [-0.25, -0.2) is 0 Å². The molecule has 6 aromatic carbocycles. The van der Waals surface area contributed by atoms with Gasteiger partial charge in [-0.2, -0.15) is 0 Å². The summed E-state index contributed by atoms with van der Waals surface area (Å²) in [6.07, 6.45) is 0. The first-order valence-corrected chi connectivity index (χ1v) is 16.2. The lowest BCUT2D eigenvalue weighted by molar-refractivity contribution is 0.750. The summed E-state index contributed by atoms with van der Waals surface area (Å²) in [4.78, 5) is 0. The standard InChI is InChI=1S/C45H42/c1-27-9-15-35(16-10-27)39-23-33(7)41(25-31(39)5)45(42-26-32(6)40(24-34(42)8)36-17-11-28(2)12-18-36)43-21-29(3)13-19-37(43)38-20-14-30(4)22-44(38)45/h9-26H,1-8H3. The Labute approximate surface area is 269 Å². The third kappa shape index (κ3) is 4.58. The molecule has 0 heteroatoms. The summed E-state index contributed by atoms with van der Waals surface area (Å²) >= 11 is 0. The minimum Gasteiger partial charge on any atom is -0.0587 e. The molecule has 0 saturated heterocycles. The molecule has 0 fully saturated rings. The maximum atomic E-state index is 2.50. The van der Waals surface area contributed by atoms with Crippen molar-refractivity contribution in [2.75, 3.05) is 0 Å². The van der Waals surface area contributed by atoms with E-state index in [-0.39, 0.29) is 0 Å². The van der Waals surface area contributed by atoms with E-state index in [0.29, 0.717) is 0 Å². The average molecular weight is 583 g/mol. The molecule has 7 rings (SSSR count). The van der Waals surface area contributed by atoms with Crippen molar-refractivity contribution in [3.63, 3.8) is 0 Å². The molecule has 1 aliphatic carbocycles. The van der Waals surface area contributed by atoms with Crippen LogP contribution in [-0.4, -0.2) is 0 Å². The second-order valence-electron chi connectivity index (χ2n) is 13.5. The van der Waals surface area contributed by atoms with Gasteiger partial charge >= 0.3 is 0 Å². The summed E-state index contributed by atoms with van der Waals surface area (Å²) in [5.74, 6) is 0. The zero-order valence-electron chi connectivity index (χ0n) is 27.9. The Morgan fingerprint density at radius 1 is 0.289 bits per heavy atom. The third-order valence-electron chi connectivity index (χ3n) is 10.1. The van der Waals surface area contributed by atoms with Crippen LogP contribution in [0.4, 0.5) is 0 Å². The molecular formula is C45H42. The second kappa shape index (κ2) is 10.7. The topological polar surface area (TPSA) is 0 Å². The maximum Gasteiger partial charge on any atom is 0.0719 e. The molecule has 0 spiro atoms. The van der Waals surface area contributed by atoms with Crippen molar-refractivity contribution in [3.05, 3.63) is 176 Å². The Hall–Kier alpha value is -4.68. The van der Waals surface area contributed by atoms with Crippen LogP contribution in [0, 0.1) is 55.4 Å². The predicted molar refractivity (Wildman–Crippen MR) is 193 cm³/mol. The second-order valence-corrected chi connectivity index (χ2v) is 13.5. The molecule has 6 aromatic rings. The molecule has 0 aliphatic heterocycles. The summed E-state index contributed by atoms with van der Waals surface area (Å²) in [5, 5.41) is 0. The number of benzene rings is 6.